The van der Waals surface area contributed by atoms with Gasteiger partial charge in [-0.3, -0.25) is 24.1 Å². The summed E-state index contributed by atoms with van der Waals surface area (Å²) >= 11 is 0. The van der Waals surface area contributed by atoms with E-state index in [4.69, 9.17) is 9.47 Å². The maximum Gasteiger partial charge on any atom is 0.266 e. The van der Waals surface area contributed by atoms with Gasteiger partial charge in [0.15, 0.2) is 0 Å². The van der Waals surface area contributed by atoms with Crippen LogP contribution >= 0.6 is 0 Å². The Hall–Kier alpha value is -7.24. The number of carbonyl (C=O) groups excluding carboxylic acids is 4. The summed E-state index contributed by atoms with van der Waals surface area (Å²) < 4.78 is 12.1. The molecule has 0 saturated carbocycles. The van der Waals surface area contributed by atoms with Crippen LogP contribution in [-0.2, 0) is 6.54 Å². The molecule has 0 saturated heterocycles. The van der Waals surface area contributed by atoms with E-state index in [0.717, 1.165) is 21.6 Å². The van der Waals surface area contributed by atoms with E-state index in [-0.39, 0.29) is 18.4 Å². The smallest absolute Gasteiger partial charge is 0.266 e. The van der Waals surface area contributed by atoms with Crippen molar-refractivity contribution in [3.05, 3.63) is 184 Å². The van der Waals surface area contributed by atoms with Crippen molar-refractivity contribution in [1.82, 2.24) is 4.90 Å². The molecular weight excluding hydrogens is 652 g/mol. The number of nitrogens with zero attached hydrogens (tertiary/aromatic N) is 2. The Morgan fingerprint density at radius 2 is 1.06 bits per heavy atom. The fraction of sp³-hybridized carbons (Fsp3) is 0.0455. The second-order valence-electron chi connectivity index (χ2n) is 12.4. The quantitative estimate of drug-likeness (QED) is 0.124. The summed E-state index contributed by atoms with van der Waals surface area (Å²) in [6.07, 6.45) is 0. The average Bonchev–Trinajstić information content (AvgIpc) is 3.55. The van der Waals surface area contributed by atoms with Crippen LogP contribution < -0.4 is 14.4 Å². The van der Waals surface area contributed by atoms with Gasteiger partial charge in [0.05, 0.1) is 34.5 Å². The van der Waals surface area contributed by atoms with Crippen LogP contribution in [0.2, 0.25) is 0 Å². The minimum Gasteiger partial charge on any atom is -0.457 e. The summed E-state index contributed by atoms with van der Waals surface area (Å²) in [6.45, 7) is 2.05. The number of hydrogen-bond acceptors (Lipinski definition) is 6. The first-order valence-corrected chi connectivity index (χ1v) is 16.5. The standard InChI is InChI=1S/C44H28N2O6/c1-28-10-22-37-39(24-28)42(48)45(41(37)47)27-31-13-18-33(19-14-31)51-35-8-5-9-36(26-35)52-34-20-16-32(17-21-34)46-43(49)38-23-15-30(25-40(38)44(46)50)12-11-29-6-3-2-4-7-29/h2-10,13-26H,27H2,1H3. The highest BCUT2D eigenvalue weighted by molar-refractivity contribution is 6.34. The van der Waals surface area contributed by atoms with Gasteiger partial charge < -0.3 is 9.47 Å². The number of benzene rings is 6. The van der Waals surface area contributed by atoms with E-state index < -0.39 is 11.8 Å². The summed E-state index contributed by atoms with van der Waals surface area (Å²) in [5.74, 6) is 6.89. The molecule has 6 aromatic rings. The lowest BCUT2D eigenvalue weighted by Gasteiger charge is -2.15. The molecule has 250 valence electrons. The van der Waals surface area contributed by atoms with E-state index in [0.29, 0.717) is 56.5 Å². The Bertz CT molecular complexity index is 2480. The first kappa shape index (κ1) is 32.0. The normalized spacial score (nSPS) is 13.1. The minimum absolute atomic E-state index is 0.159. The number of anilines is 1. The number of carbonyl (C=O) groups is 4. The lowest BCUT2D eigenvalue weighted by atomic mass is 10.1. The number of fused-ring (bicyclic) bond motifs is 2. The summed E-state index contributed by atoms with van der Waals surface area (Å²) in [5, 5.41) is 0. The zero-order chi connectivity index (χ0) is 35.8. The molecule has 0 aliphatic carbocycles. The molecule has 8 heteroatoms. The lowest BCUT2D eigenvalue weighted by molar-refractivity contribution is 0.0641. The molecule has 0 radical (unpaired) electrons. The molecule has 0 N–H and O–H groups in total. The van der Waals surface area contributed by atoms with Crippen molar-refractivity contribution in [2.75, 3.05) is 4.90 Å². The third-order valence-electron chi connectivity index (χ3n) is 8.77. The predicted octanol–water partition coefficient (Wildman–Crippen LogP) is 8.58. The Morgan fingerprint density at radius 3 is 1.77 bits per heavy atom. The Labute approximate surface area is 299 Å². The number of imide groups is 2. The van der Waals surface area contributed by atoms with E-state index in [2.05, 4.69) is 11.8 Å². The summed E-state index contributed by atoms with van der Waals surface area (Å²) in [6, 6.07) is 40.9. The molecular formula is C44H28N2O6. The van der Waals surface area contributed by atoms with Crippen LogP contribution in [0, 0.1) is 18.8 Å². The van der Waals surface area contributed by atoms with Gasteiger partial charge in [0.1, 0.15) is 23.0 Å². The molecule has 0 aromatic heterocycles. The van der Waals surface area contributed by atoms with Crippen LogP contribution in [0.4, 0.5) is 5.69 Å². The van der Waals surface area contributed by atoms with Crippen LogP contribution in [0.1, 0.15) is 63.7 Å². The molecule has 8 rings (SSSR count). The number of aryl methyl sites for hydroxylation is 1. The molecule has 6 aromatic carbocycles. The zero-order valence-electron chi connectivity index (χ0n) is 27.8. The summed E-state index contributed by atoms with van der Waals surface area (Å²) in [5.41, 5.74) is 5.15. The van der Waals surface area contributed by atoms with Crippen molar-refractivity contribution in [1.29, 1.82) is 0 Å². The highest BCUT2D eigenvalue weighted by Gasteiger charge is 2.37. The average molecular weight is 681 g/mol. The van der Waals surface area contributed by atoms with Crippen LogP contribution in [0.25, 0.3) is 0 Å². The van der Waals surface area contributed by atoms with Crippen LogP contribution in [-0.4, -0.2) is 28.5 Å². The fourth-order valence-electron chi connectivity index (χ4n) is 6.15. The minimum atomic E-state index is -0.409. The highest BCUT2D eigenvalue weighted by atomic mass is 16.5. The highest BCUT2D eigenvalue weighted by Crippen LogP contribution is 2.33. The van der Waals surface area contributed by atoms with E-state index in [1.165, 1.54) is 4.90 Å². The number of hydrogen-bond donors (Lipinski definition) is 0. The van der Waals surface area contributed by atoms with Crippen molar-refractivity contribution >= 4 is 29.3 Å². The van der Waals surface area contributed by atoms with Gasteiger partial charge in [-0.05, 0) is 103 Å². The molecule has 0 spiro atoms. The van der Waals surface area contributed by atoms with Crippen LogP contribution in [0.15, 0.2) is 140 Å². The summed E-state index contributed by atoms with van der Waals surface area (Å²) in [4.78, 5) is 54.7. The number of rotatable bonds is 7. The number of amides is 4. The zero-order valence-corrected chi connectivity index (χ0v) is 27.8. The molecule has 0 bridgehead atoms. The van der Waals surface area contributed by atoms with Gasteiger partial charge in [0, 0.05) is 17.2 Å². The molecule has 2 aliphatic rings. The monoisotopic (exact) mass is 680 g/mol. The van der Waals surface area contributed by atoms with Gasteiger partial charge >= 0.3 is 0 Å². The molecule has 2 heterocycles. The molecule has 0 unspecified atom stereocenters. The predicted molar refractivity (Wildman–Crippen MR) is 195 cm³/mol. The molecule has 8 nitrogen and oxygen atoms in total. The third-order valence-corrected chi connectivity index (χ3v) is 8.77. The first-order valence-electron chi connectivity index (χ1n) is 16.5. The van der Waals surface area contributed by atoms with Crippen molar-refractivity contribution in [3.8, 4) is 34.8 Å². The summed E-state index contributed by atoms with van der Waals surface area (Å²) in [7, 11) is 0. The fourth-order valence-corrected chi connectivity index (χ4v) is 6.15. The van der Waals surface area contributed by atoms with E-state index in [1.54, 1.807) is 91.0 Å². The second kappa shape index (κ2) is 13.2. The third kappa shape index (κ3) is 6.19. The van der Waals surface area contributed by atoms with E-state index >= 15 is 0 Å². The first-order chi connectivity index (χ1) is 25.3. The maximum atomic E-state index is 13.4. The van der Waals surface area contributed by atoms with Gasteiger partial charge in [0.2, 0.25) is 0 Å². The van der Waals surface area contributed by atoms with E-state index in [9.17, 15) is 19.2 Å². The molecule has 2 aliphatic heterocycles. The Kier molecular flexibility index (Phi) is 8.14. The van der Waals surface area contributed by atoms with Crippen molar-refractivity contribution in [2.45, 2.75) is 13.5 Å². The molecule has 4 amide bonds. The largest absolute Gasteiger partial charge is 0.457 e. The maximum absolute atomic E-state index is 13.4. The van der Waals surface area contributed by atoms with Gasteiger partial charge in [-0.15, -0.1) is 0 Å². The van der Waals surface area contributed by atoms with Gasteiger partial charge in [-0.25, -0.2) is 4.90 Å². The molecule has 0 atom stereocenters. The van der Waals surface area contributed by atoms with Crippen molar-refractivity contribution < 1.29 is 28.7 Å². The number of ether oxygens (including phenoxy) is 2. The van der Waals surface area contributed by atoms with Crippen LogP contribution in [0.5, 0.6) is 23.0 Å². The molecule has 0 fully saturated rings. The second-order valence-corrected chi connectivity index (χ2v) is 12.4. The van der Waals surface area contributed by atoms with Crippen LogP contribution in [0.3, 0.4) is 0 Å². The van der Waals surface area contributed by atoms with Gasteiger partial charge in [0.25, 0.3) is 23.6 Å². The van der Waals surface area contributed by atoms with Gasteiger partial charge in [-0.2, -0.15) is 0 Å². The van der Waals surface area contributed by atoms with E-state index in [1.807, 2.05) is 55.5 Å². The SMILES string of the molecule is Cc1ccc2c(c1)C(=O)N(Cc1ccc(Oc3cccc(Oc4ccc(N5C(=O)c6ccc(C#Cc7ccccc7)cc6C5=O)cc4)c3)cc1)C2=O. The Balaban J connectivity index is 0.901. The Morgan fingerprint density at radius 1 is 0.481 bits per heavy atom. The van der Waals surface area contributed by atoms with Crippen molar-refractivity contribution in [2.24, 2.45) is 0 Å². The lowest BCUT2D eigenvalue weighted by Crippen LogP contribution is -2.29. The van der Waals surface area contributed by atoms with Crippen molar-refractivity contribution in [3.63, 3.8) is 0 Å². The molecule has 52 heavy (non-hydrogen) atoms. The van der Waals surface area contributed by atoms with Gasteiger partial charge in [-0.1, -0.05) is 59.9 Å². The topological polar surface area (TPSA) is 93.2 Å².